The van der Waals surface area contributed by atoms with E-state index in [4.69, 9.17) is 0 Å². The Morgan fingerprint density at radius 2 is 1.68 bits per heavy atom. The third-order valence-electron chi connectivity index (χ3n) is 6.68. The summed E-state index contributed by atoms with van der Waals surface area (Å²) in [6, 6.07) is 17.8. The van der Waals surface area contributed by atoms with Crippen LogP contribution in [0, 0.1) is 5.41 Å². The van der Waals surface area contributed by atoms with Crippen LogP contribution in [0.2, 0.25) is 0 Å². The molecule has 0 radical (unpaired) electrons. The standard InChI is InChI=1S/C28H40N4O2/c1-20(29-5)26(33)31-25(28(2,3)4)27(34)32-19-23-14-10-9-13-22(23)17-24(32)18-30-16-15-21-11-7-6-8-12-21/h6-14,20,24-25,29-30H,15-19H2,1-5H3,(H,31,33)/t20-,24-,25?/m0/s1. The van der Waals surface area contributed by atoms with E-state index in [1.54, 1.807) is 14.0 Å². The molecule has 2 aromatic carbocycles. The Morgan fingerprint density at radius 1 is 1.03 bits per heavy atom. The van der Waals surface area contributed by atoms with Crippen LogP contribution < -0.4 is 16.0 Å². The van der Waals surface area contributed by atoms with Crippen molar-refractivity contribution in [3.63, 3.8) is 0 Å². The number of fused-ring (bicyclic) bond motifs is 1. The van der Waals surface area contributed by atoms with E-state index in [9.17, 15) is 9.59 Å². The average molecular weight is 465 g/mol. The number of benzene rings is 2. The van der Waals surface area contributed by atoms with Crippen molar-refractivity contribution < 1.29 is 9.59 Å². The first kappa shape index (κ1) is 25.9. The number of hydrogen-bond acceptors (Lipinski definition) is 4. The van der Waals surface area contributed by atoms with E-state index < -0.39 is 11.5 Å². The third-order valence-corrected chi connectivity index (χ3v) is 6.68. The molecular formula is C28H40N4O2. The van der Waals surface area contributed by atoms with Gasteiger partial charge >= 0.3 is 0 Å². The van der Waals surface area contributed by atoms with Crippen molar-refractivity contribution in [1.29, 1.82) is 0 Å². The van der Waals surface area contributed by atoms with Crippen LogP contribution in [-0.4, -0.2) is 55.0 Å². The summed E-state index contributed by atoms with van der Waals surface area (Å²) >= 11 is 0. The maximum absolute atomic E-state index is 13.9. The molecule has 2 amide bonds. The molecule has 0 saturated carbocycles. The minimum atomic E-state index is -0.604. The van der Waals surface area contributed by atoms with Gasteiger partial charge in [-0.1, -0.05) is 75.4 Å². The number of nitrogens with zero attached hydrogens (tertiary/aromatic N) is 1. The number of nitrogens with one attached hydrogen (secondary N) is 3. The van der Waals surface area contributed by atoms with Crippen LogP contribution in [0.4, 0.5) is 0 Å². The van der Waals surface area contributed by atoms with Crippen molar-refractivity contribution in [2.24, 2.45) is 5.41 Å². The van der Waals surface area contributed by atoms with E-state index in [-0.39, 0.29) is 23.9 Å². The molecule has 6 nitrogen and oxygen atoms in total. The lowest BCUT2D eigenvalue weighted by Crippen LogP contribution is -2.60. The molecule has 3 rings (SSSR count). The zero-order chi connectivity index (χ0) is 24.7. The Kier molecular flexibility index (Phi) is 8.86. The Balaban J connectivity index is 1.76. The highest BCUT2D eigenvalue weighted by Crippen LogP contribution is 2.28. The summed E-state index contributed by atoms with van der Waals surface area (Å²) in [5, 5.41) is 9.56. The van der Waals surface area contributed by atoms with E-state index in [1.165, 1.54) is 16.7 Å². The van der Waals surface area contributed by atoms with Crippen LogP contribution in [-0.2, 0) is 29.0 Å². The molecular weight excluding hydrogens is 424 g/mol. The molecule has 0 aliphatic carbocycles. The second-order valence-electron chi connectivity index (χ2n) is 10.4. The van der Waals surface area contributed by atoms with Crippen molar-refractivity contribution in [2.75, 3.05) is 20.1 Å². The predicted octanol–water partition coefficient (Wildman–Crippen LogP) is 2.91. The van der Waals surface area contributed by atoms with Gasteiger partial charge in [-0.2, -0.15) is 0 Å². The maximum Gasteiger partial charge on any atom is 0.246 e. The Morgan fingerprint density at radius 3 is 2.32 bits per heavy atom. The topological polar surface area (TPSA) is 73.5 Å². The number of carbonyl (C=O) groups excluding carboxylic acids is 2. The van der Waals surface area contributed by atoms with E-state index in [1.807, 2.05) is 37.8 Å². The van der Waals surface area contributed by atoms with Gasteiger partial charge in [0, 0.05) is 19.1 Å². The van der Waals surface area contributed by atoms with Crippen molar-refractivity contribution in [2.45, 2.75) is 65.2 Å². The fourth-order valence-electron chi connectivity index (χ4n) is 4.39. The number of hydrogen-bond donors (Lipinski definition) is 3. The summed E-state index contributed by atoms with van der Waals surface area (Å²) in [5.74, 6) is -0.181. The van der Waals surface area contributed by atoms with Gasteiger partial charge in [0.05, 0.1) is 6.04 Å². The molecule has 0 aromatic heterocycles. The molecule has 34 heavy (non-hydrogen) atoms. The molecule has 1 heterocycles. The summed E-state index contributed by atoms with van der Waals surface area (Å²) in [6.45, 7) is 9.94. The van der Waals surface area contributed by atoms with Gasteiger partial charge in [0.15, 0.2) is 0 Å². The zero-order valence-electron chi connectivity index (χ0n) is 21.2. The van der Waals surface area contributed by atoms with Crippen molar-refractivity contribution in [3.8, 4) is 0 Å². The second-order valence-corrected chi connectivity index (χ2v) is 10.4. The molecule has 2 aromatic rings. The summed E-state index contributed by atoms with van der Waals surface area (Å²) < 4.78 is 0. The first-order chi connectivity index (χ1) is 16.2. The van der Waals surface area contributed by atoms with Crippen LogP contribution >= 0.6 is 0 Å². The van der Waals surface area contributed by atoms with Gasteiger partial charge in [-0.3, -0.25) is 9.59 Å². The SMILES string of the molecule is CN[C@@H](C)C(=O)NC(C(=O)N1Cc2ccccc2C[C@H]1CNCCc1ccccc1)C(C)(C)C. The lowest BCUT2D eigenvalue weighted by atomic mass is 9.84. The molecule has 0 spiro atoms. The highest BCUT2D eigenvalue weighted by molar-refractivity contribution is 5.90. The van der Waals surface area contributed by atoms with Crippen LogP contribution in [0.5, 0.6) is 0 Å². The fourth-order valence-corrected chi connectivity index (χ4v) is 4.39. The van der Waals surface area contributed by atoms with Gasteiger partial charge in [-0.15, -0.1) is 0 Å². The summed E-state index contributed by atoms with van der Waals surface area (Å²) in [6.07, 6.45) is 1.75. The number of amides is 2. The normalized spacial score (nSPS) is 17.6. The summed E-state index contributed by atoms with van der Waals surface area (Å²) in [7, 11) is 1.75. The van der Waals surface area contributed by atoms with E-state index in [2.05, 4.69) is 58.4 Å². The molecule has 0 saturated heterocycles. The van der Waals surface area contributed by atoms with Gasteiger partial charge in [0.2, 0.25) is 11.8 Å². The molecule has 3 N–H and O–H groups in total. The van der Waals surface area contributed by atoms with E-state index in [0.717, 1.165) is 19.4 Å². The van der Waals surface area contributed by atoms with Crippen LogP contribution in [0.25, 0.3) is 0 Å². The Bertz CT molecular complexity index is 954. The molecule has 0 bridgehead atoms. The molecule has 0 fully saturated rings. The summed E-state index contributed by atoms with van der Waals surface area (Å²) in [4.78, 5) is 28.6. The van der Waals surface area contributed by atoms with Gasteiger partial charge in [-0.25, -0.2) is 0 Å². The monoisotopic (exact) mass is 464 g/mol. The van der Waals surface area contributed by atoms with Gasteiger partial charge in [0.1, 0.15) is 6.04 Å². The minimum absolute atomic E-state index is 0.0199. The predicted molar refractivity (Wildman–Crippen MR) is 137 cm³/mol. The maximum atomic E-state index is 13.9. The number of rotatable bonds is 9. The van der Waals surface area contributed by atoms with Gasteiger partial charge in [0.25, 0.3) is 0 Å². The van der Waals surface area contributed by atoms with Crippen LogP contribution in [0.15, 0.2) is 54.6 Å². The van der Waals surface area contributed by atoms with Crippen LogP contribution in [0.1, 0.15) is 44.4 Å². The lowest BCUT2D eigenvalue weighted by molar-refractivity contribution is -0.142. The number of carbonyl (C=O) groups is 2. The molecule has 1 aliphatic heterocycles. The third kappa shape index (κ3) is 6.67. The van der Waals surface area contributed by atoms with E-state index in [0.29, 0.717) is 13.1 Å². The minimum Gasteiger partial charge on any atom is -0.342 e. The zero-order valence-corrected chi connectivity index (χ0v) is 21.2. The van der Waals surface area contributed by atoms with E-state index >= 15 is 0 Å². The molecule has 3 atom stereocenters. The van der Waals surface area contributed by atoms with Crippen LogP contribution in [0.3, 0.4) is 0 Å². The number of likely N-dealkylation sites (N-methyl/N-ethyl adjacent to an activating group) is 1. The van der Waals surface area contributed by atoms with Crippen molar-refractivity contribution in [1.82, 2.24) is 20.9 Å². The Hall–Kier alpha value is -2.70. The first-order valence-electron chi connectivity index (χ1n) is 12.3. The van der Waals surface area contributed by atoms with Gasteiger partial charge < -0.3 is 20.9 Å². The molecule has 184 valence electrons. The summed E-state index contributed by atoms with van der Waals surface area (Å²) in [5.41, 5.74) is 3.36. The lowest BCUT2D eigenvalue weighted by Gasteiger charge is -2.42. The average Bonchev–Trinajstić information content (AvgIpc) is 2.83. The second kappa shape index (κ2) is 11.6. The molecule has 6 heteroatoms. The Labute approximate surface area is 204 Å². The van der Waals surface area contributed by atoms with Gasteiger partial charge in [-0.05, 0) is 55.5 Å². The molecule has 1 unspecified atom stereocenters. The first-order valence-corrected chi connectivity index (χ1v) is 12.3. The highest BCUT2D eigenvalue weighted by Gasteiger charge is 2.40. The molecule has 1 aliphatic rings. The fraction of sp³-hybridized carbons (Fsp3) is 0.500. The van der Waals surface area contributed by atoms with Crippen molar-refractivity contribution >= 4 is 11.8 Å². The quantitative estimate of drug-likeness (QED) is 0.499. The highest BCUT2D eigenvalue weighted by atomic mass is 16.2. The largest absolute Gasteiger partial charge is 0.342 e. The van der Waals surface area contributed by atoms with Crippen molar-refractivity contribution in [3.05, 3.63) is 71.3 Å². The smallest absolute Gasteiger partial charge is 0.246 e.